The van der Waals surface area contributed by atoms with Gasteiger partial charge >= 0.3 is 0 Å². The van der Waals surface area contributed by atoms with E-state index in [9.17, 15) is 0 Å². The molecule has 0 saturated carbocycles. The van der Waals surface area contributed by atoms with Crippen LogP contribution in [0.2, 0.25) is 0 Å². The normalized spacial score (nSPS) is 12.0. The second-order valence-corrected chi connectivity index (χ2v) is 12.8. The molecule has 0 amide bonds. The molecule has 7 aromatic carbocycles. The molecule has 0 atom stereocenters. The highest BCUT2D eigenvalue weighted by atomic mass is 32.1. The van der Waals surface area contributed by atoms with Crippen molar-refractivity contribution >= 4 is 75.1 Å². The fourth-order valence-electron chi connectivity index (χ4n) is 7.33. The first-order chi connectivity index (χ1) is 22.3. The van der Waals surface area contributed by atoms with Gasteiger partial charge in [0.25, 0.3) is 0 Å². The molecule has 0 saturated heterocycles. The van der Waals surface area contributed by atoms with Crippen LogP contribution >= 0.6 is 11.3 Å². The Hall–Kier alpha value is -5.64. The highest BCUT2D eigenvalue weighted by molar-refractivity contribution is 7.26. The van der Waals surface area contributed by atoms with Crippen molar-refractivity contribution in [2.24, 2.45) is 0 Å². The molecule has 3 heteroatoms. The van der Waals surface area contributed by atoms with E-state index < -0.39 is 0 Å². The molecule has 0 aliphatic rings. The third-order valence-corrected chi connectivity index (χ3v) is 10.5. The lowest BCUT2D eigenvalue weighted by Crippen LogP contribution is -1.95. The van der Waals surface area contributed by atoms with E-state index in [0.29, 0.717) is 0 Å². The van der Waals surface area contributed by atoms with Crippen molar-refractivity contribution in [1.29, 1.82) is 0 Å². The van der Waals surface area contributed by atoms with E-state index in [0.717, 1.165) is 0 Å². The Kier molecular flexibility index (Phi) is 5.19. The number of para-hydroxylation sites is 2. The first-order valence-electron chi connectivity index (χ1n) is 15.4. The summed E-state index contributed by atoms with van der Waals surface area (Å²) in [6.07, 6.45) is 0. The SMILES string of the molecule is c1ccc(-c2ccc3c(c2)c2cc(-n4c5ccccc5c5c6sc7ccccc7c6ccc54)ccc2n3-c2ccccc2)cc1. The maximum atomic E-state index is 2.46. The van der Waals surface area contributed by atoms with Crippen LogP contribution in [0.15, 0.2) is 158 Å². The minimum absolute atomic E-state index is 1.17. The zero-order chi connectivity index (χ0) is 29.5. The first kappa shape index (κ1) is 24.8. The number of benzene rings is 7. The van der Waals surface area contributed by atoms with Crippen LogP contribution in [0.3, 0.4) is 0 Å². The van der Waals surface area contributed by atoms with E-state index >= 15 is 0 Å². The molecule has 10 aromatic rings. The highest BCUT2D eigenvalue weighted by Crippen LogP contribution is 2.44. The Bertz CT molecular complexity index is 2740. The Balaban J connectivity index is 1.30. The van der Waals surface area contributed by atoms with Crippen LogP contribution in [0.5, 0.6) is 0 Å². The molecular weight excluding hydrogens is 565 g/mol. The predicted octanol–water partition coefficient (Wildman–Crippen LogP) is 11.9. The largest absolute Gasteiger partial charge is 0.309 e. The van der Waals surface area contributed by atoms with E-state index in [1.54, 1.807) is 0 Å². The van der Waals surface area contributed by atoms with Crippen molar-refractivity contribution in [2.75, 3.05) is 0 Å². The second kappa shape index (κ2) is 9.43. The molecule has 0 aliphatic carbocycles. The summed E-state index contributed by atoms with van der Waals surface area (Å²) in [4.78, 5) is 0. The maximum absolute atomic E-state index is 2.46. The molecule has 0 N–H and O–H groups in total. The van der Waals surface area contributed by atoms with Gasteiger partial charge in [0, 0.05) is 53.1 Å². The maximum Gasteiger partial charge on any atom is 0.0555 e. The number of hydrogen-bond donors (Lipinski definition) is 0. The lowest BCUT2D eigenvalue weighted by atomic mass is 10.0. The molecule has 2 nitrogen and oxygen atoms in total. The van der Waals surface area contributed by atoms with E-state index in [1.807, 2.05) is 11.3 Å². The number of thiophene rings is 1. The van der Waals surface area contributed by atoms with Crippen molar-refractivity contribution in [2.45, 2.75) is 0 Å². The van der Waals surface area contributed by atoms with Gasteiger partial charge in [-0.1, -0.05) is 97.1 Å². The topological polar surface area (TPSA) is 9.86 Å². The van der Waals surface area contributed by atoms with E-state index in [4.69, 9.17) is 0 Å². The number of rotatable bonds is 3. The van der Waals surface area contributed by atoms with Crippen LogP contribution in [0.25, 0.3) is 86.3 Å². The van der Waals surface area contributed by atoms with E-state index in [2.05, 4.69) is 167 Å². The van der Waals surface area contributed by atoms with Gasteiger partial charge in [-0.15, -0.1) is 11.3 Å². The minimum atomic E-state index is 1.17. The van der Waals surface area contributed by atoms with E-state index in [-0.39, 0.29) is 0 Å². The van der Waals surface area contributed by atoms with Crippen molar-refractivity contribution in [1.82, 2.24) is 9.13 Å². The average Bonchev–Trinajstić information content (AvgIpc) is 3.76. The van der Waals surface area contributed by atoms with Gasteiger partial charge in [0.2, 0.25) is 0 Å². The molecule has 0 aliphatic heterocycles. The molecule has 10 rings (SSSR count). The van der Waals surface area contributed by atoms with Gasteiger partial charge in [0.15, 0.2) is 0 Å². The summed E-state index contributed by atoms with van der Waals surface area (Å²) in [5.74, 6) is 0. The van der Waals surface area contributed by atoms with Gasteiger partial charge in [-0.05, 0) is 71.8 Å². The summed E-state index contributed by atoms with van der Waals surface area (Å²) in [6, 6.07) is 57.6. The second-order valence-electron chi connectivity index (χ2n) is 11.8. The van der Waals surface area contributed by atoms with Gasteiger partial charge in [0.05, 0.1) is 22.1 Å². The molecule has 3 heterocycles. The van der Waals surface area contributed by atoms with Crippen molar-refractivity contribution < 1.29 is 0 Å². The predicted molar refractivity (Wildman–Crippen MR) is 193 cm³/mol. The van der Waals surface area contributed by atoms with Gasteiger partial charge < -0.3 is 9.13 Å². The summed E-state index contributed by atoms with van der Waals surface area (Å²) in [5, 5.41) is 7.80. The van der Waals surface area contributed by atoms with Crippen LogP contribution in [-0.4, -0.2) is 9.13 Å². The summed E-state index contributed by atoms with van der Waals surface area (Å²) in [7, 11) is 0. The smallest absolute Gasteiger partial charge is 0.0555 e. The number of nitrogens with zero attached hydrogens (tertiary/aromatic N) is 2. The number of fused-ring (bicyclic) bond motifs is 10. The van der Waals surface area contributed by atoms with Gasteiger partial charge in [-0.25, -0.2) is 0 Å². The third kappa shape index (κ3) is 3.56. The molecule has 0 spiro atoms. The molecule has 45 heavy (non-hydrogen) atoms. The van der Waals surface area contributed by atoms with Crippen molar-refractivity contribution in [3.63, 3.8) is 0 Å². The summed E-state index contributed by atoms with van der Waals surface area (Å²) in [5.41, 5.74) is 9.68. The molecule has 0 radical (unpaired) electrons. The Morgan fingerprint density at radius 2 is 0.978 bits per heavy atom. The molecule has 0 bridgehead atoms. The zero-order valence-corrected chi connectivity index (χ0v) is 25.1. The first-order valence-corrected chi connectivity index (χ1v) is 16.2. The van der Waals surface area contributed by atoms with Crippen LogP contribution in [-0.2, 0) is 0 Å². The van der Waals surface area contributed by atoms with E-state index in [1.165, 1.54) is 86.3 Å². The van der Waals surface area contributed by atoms with Gasteiger partial charge in [-0.2, -0.15) is 0 Å². The number of hydrogen-bond acceptors (Lipinski definition) is 1. The highest BCUT2D eigenvalue weighted by Gasteiger charge is 2.19. The van der Waals surface area contributed by atoms with Crippen LogP contribution in [0, 0.1) is 0 Å². The lowest BCUT2D eigenvalue weighted by molar-refractivity contribution is 1.17. The summed E-state index contributed by atoms with van der Waals surface area (Å²) >= 11 is 1.90. The zero-order valence-electron chi connectivity index (χ0n) is 24.3. The summed E-state index contributed by atoms with van der Waals surface area (Å²) in [6.45, 7) is 0. The van der Waals surface area contributed by atoms with Crippen molar-refractivity contribution in [3.8, 4) is 22.5 Å². The minimum Gasteiger partial charge on any atom is -0.309 e. The van der Waals surface area contributed by atoms with Crippen molar-refractivity contribution in [3.05, 3.63) is 158 Å². The molecule has 3 aromatic heterocycles. The lowest BCUT2D eigenvalue weighted by Gasteiger charge is -2.10. The fraction of sp³-hybridized carbons (Fsp3) is 0. The third-order valence-electron chi connectivity index (χ3n) is 9.31. The standard InChI is InChI=1S/C42H26N2S/c1-3-11-27(12-4-1)28-19-22-37-34(25-28)35-26-30(20-23-38(35)43(37)29-13-5-2-6-14-29)44-36-17-9-7-16-33(36)41-39(44)24-21-32-31-15-8-10-18-40(31)45-42(32)41/h1-26H. The molecule has 210 valence electrons. The Morgan fingerprint density at radius 1 is 0.356 bits per heavy atom. The van der Waals surface area contributed by atoms with Gasteiger partial charge in [-0.3, -0.25) is 0 Å². The Labute approximate surface area is 263 Å². The molecule has 0 unspecified atom stereocenters. The van der Waals surface area contributed by atoms with Crippen LogP contribution in [0.1, 0.15) is 0 Å². The summed E-state index contributed by atoms with van der Waals surface area (Å²) < 4.78 is 7.55. The van der Waals surface area contributed by atoms with Gasteiger partial charge in [0.1, 0.15) is 0 Å². The Morgan fingerprint density at radius 3 is 1.82 bits per heavy atom. The van der Waals surface area contributed by atoms with Crippen LogP contribution < -0.4 is 0 Å². The van der Waals surface area contributed by atoms with Crippen LogP contribution in [0.4, 0.5) is 0 Å². The molecule has 0 fully saturated rings. The molecular formula is C42H26N2S. The average molecular weight is 591 g/mol. The number of aromatic nitrogens is 2. The fourth-order valence-corrected chi connectivity index (χ4v) is 8.59. The quantitative estimate of drug-likeness (QED) is 0.194. The monoisotopic (exact) mass is 590 g/mol.